The lowest BCUT2D eigenvalue weighted by molar-refractivity contribution is -0.129. The van der Waals surface area contributed by atoms with E-state index in [9.17, 15) is 14.4 Å². The van der Waals surface area contributed by atoms with E-state index in [1.54, 1.807) is 72.8 Å². The van der Waals surface area contributed by atoms with Gasteiger partial charge >= 0.3 is 0 Å². The molecule has 0 saturated heterocycles. The SMILES string of the molecule is O=C(c1ccccc1)c1ccccc1NC(=O)C1CC=CCC1C(=O)Nc1ccccc1Cl. The third-order valence-electron chi connectivity index (χ3n) is 5.70. The first kappa shape index (κ1) is 22.5. The summed E-state index contributed by atoms with van der Waals surface area (Å²) in [5.74, 6) is -1.86. The average Bonchev–Trinajstić information content (AvgIpc) is 2.86. The number of carbonyl (C=O) groups excluding carboxylic acids is 3. The molecule has 0 saturated carbocycles. The number of anilines is 2. The zero-order valence-electron chi connectivity index (χ0n) is 17.8. The van der Waals surface area contributed by atoms with E-state index < -0.39 is 11.8 Å². The van der Waals surface area contributed by atoms with Gasteiger partial charge in [-0.05, 0) is 37.1 Å². The summed E-state index contributed by atoms with van der Waals surface area (Å²) in [6, 6.07) is 22.8. The second-order valence-electron chi connectivity index (χ2n) is 7.85. The number of benzene rings is 3. The molecule has 5 nitrogen and oxygen atoms in total. The van der Waals surface area contributed by atoms with Crippen LogP contribution < -0.4 is 10.6 Å². The Kier molecular flexibility index (Phi) is 7.01. The van der Waals surface area contributed by atoms with Gasteiger partial charge in [-0.3, -0.25) is 14.4 Å². The van der Waals surface area contributed by atoms with E-state index in [2.05, 4.69) is 10.6 Å². The van der Waals surface area contributed by atoms with Crippen LogP contribution in [0.1, 0.15) is 28.8 Å². The molecule has 166 valence electrons. The number of carbonyl (C=O) groups is 3. The molecule has 0 aromatic heterocycles. The molecule has 3 aromatic carbocycles. The summed E-state index contributed by atoms with van der Waals surface area (Å²) in [6.45, 7) is 0. The molecule has 3 aromatic rings. The molecule has 2 atom stereocenters. The van der Waals surface area contributed by atoms with Crippen LogP contribution in [0.15, 0.2) is 91.0 Å². The van der Waals surface area contributed by atoms with Crippen LogP contribution in [0.2, 0.25) is 5.02 Å². The Morgan fingerprint density at radius 1 is 0.667 bits per heavy atom. The topological polar surface area (TPSA) is 75.3 Å². The lowest BCUT2D eigenvalue weighted by Crippen LogP contribution is -2.37. The van der Waals surface area contributed by atoms with Crippen LogP contribution in [-0.2, 0) is 9.59 Å². The molecule has 2 amide bonds. The molecule has 0 spiro atoms. The molecule has 2 N–H and O–H groups in total. The zero-order valence-corrected chi connectivity index (χ0v) is 18.6. The number of hydrogen-bond donors (Lipinski definition) is 2. The van der Waals surface area contributed by atoms with Crippen molar-refractivity contribution in [3.05, 3.63) is 107 Å². The highest BCUT2D eigenvalue weighted by Crippen LogP contribution is 2.30. The summed E-state index contributed by atoms with van der Waals surface area (Å²) in [5, 5.41) is 6.17. The Balaban J connectivity index is 1.53. The van der Waals surface area contributed by atoms with Crippen molar-refractivity contribution >= 4 is 40.6 Å². The highest BCUT2D eigenvalue weighted by molar-refractivity contribution is 6.33. The minimum absolute atomic E-state index is 0.178. The van der Waals surface area contributed by atoms with Crippen LogP contribution in [-0.4, -0.2) is 17.6 Å². The number of amides is 2. The molecule has 1 aliphatic rings. The van der Waals surface area contributed by atoms with Crippen molar-refractivity contribution < 1.29 is 14.4 Å². The number of para-hydroxylation sites is 2. The zero-order chi connectivity index (χ0) is 23.2. The van der Waals surface area contributed by atoms with Gasteiger partial charge in [0.1, 0.15) is 0 Å². The molecule has 0 heterocycles. The van der Waals surface area contributed by atoms with E-state index in [0.717, 1.165) is 0 Å². The number of rotatable bonds is 6. The Labute approximate surface area is 197 Å². The van der Waals surface area contributed by atoms with Crippen molar-refractivity contribution in [2.24, 2.45) is 11.8 Å². The van der Waals surface area contributed by atoms with Crippen LogP contribution >= 0.6 is 11.6 Å². The molecule has 4 rings (SSSR count). The largest absolute Gasteiger partial charge is 0.325 e. The highest BCUT2D eigenvalue weighted by atomic mass is 35.5. The Morgan fingerprint density at radius 3 is 1.82 bits per heavy atom. The maximum atomic E-state index is 13.3. The first-order chi connectivity index (χ1) is 16.0. The van der Waals surface area contributed by atoms with Crippen molar-refractivity contribution in [2.75, 3.05) is 10.6 Å². The molecule has 0 fully saturated rings. The third-order valence-corrected chi connectivity index (χ3v) is 6.03. The normalized spacial score (nSPS) is 17.2. The first-order valence-corrected chi connectivity index (χ1v) is 11.1. The van der Waals surface area contributed by atoms with Gasteiger partial charge in [-0.1, -0.05) is 78.4 Å². The van der Waals surface area contributed by atoms with Gasteiger partial charge in [-0.25, -0.2) is 0 Å². The molecule has 0 aliphatic heterocycles. The summed E-state index contributed by atoms with van der Waals surface area (Å²) in [7, 11) is 0. The third kappa shape index (κ3) is 5.21. The van der Waals surface area contributed by atoms with Gasteiger partial charge in [-0.15, -0.1) is 0 Å². The van der Waals surface area contributed by atoms with E-state index in [1.165, 1.54) is 0 Å². The van der Waals surface area contributed by atoms with Crippen molar-refractivity contribution in [2.45, 2.75) is 12.8 Å². The lowest BCUT2D eigenvalue weighted by Gasteiger charge is -2.27. The summed E-state index contributed by atoms with van der Waals surface area (Å²) >= 11 is 6.17. The van der Waals surface area contributed by atoms with E-state index >= 15 is 0 Å². The van der Waals surface area contributed by atoms with Crippen LogP contribution in [0.25, 0.3) is 0 Å². The van der Waals surface area contributed by atoms with Crippen LogP contribution in [0.5, 0.6) is 0 Å². The maximum Gasteiger partial charge on any atom is 0.228 e. The van der Waals surface area contributed by atoms with Crippen molar-refractivity contribution in [3.63, 3.8) is 0 Å². The minimum atomic E-state index is -0.572. The Morgan fingerprint density at radius 2 is 1.18 bits per heavy atom. The molecule has 6 heteroatoms. The standard InChI is InChI=1S/C27H23ClN2O3/c28-22-15-7-9-17-24(22)30-27(33)20-13-5-4-12-19(20)26(32)29-23-16-8-6-14-21(23)25(31)18-10-2-1-3-11-18/h1-11,14-17,19-20H,12-13H2,(H,29,32)(H,30,33). The fraction of sp³-hybridized carbons (Fsp3) is 0.148. The number of ketones is 1. The average molecular weight is 459 g/mol. The molecule has 1 aliphatic carbocycles. The molecule has 0 bridgehead atoms. The fourth-order valence-corrected chi connectivity index (χ4v) is 4.13. The summed E-state index contributed by atoms with van der Waals surface area (Å²) < 4.78 is 0. The van der Waals surface area contributed by atoms with Crippen LogP contribution in [0.3, 0.4) is 0 Å². The molecule has 0 radical (unpaired) electrons. The van der Waals surface area contributed by atoms with Gasteiger partial charge in [-0.2, -0.15) is 0 Å². The first-order valence-electron chi connectivity index (χ1n) is 10.7. The van der Waals surface area contributed by atoms with Gasteiger partial charge < -0.3 is 10.6 Å². The molecule has 33 heavy (non-hydrogen) atoms. The number of allylic oxidation sites excluding steroid dienone is 2. The Bertz CT molecular complexity index is 1210. The lowest BCUT2D eigenvalue weighted by atomic mass is 9.81. The molecular weight excluding hydrogens is 436 g/mol. The predicted molar refractivity (Wildman–Crippen MR) is 130 cm³/mol. The van der Waals surface area contributed by atoms with Crippen LogP contribution in [0, 0.1) is 11.8 Å². The van der Waals surface area contributed by atoms with Gasteiger partial charge in [0.25, 0.3) is 0 Å². The fourth-order valence-electron chi connectivity index (χ4n) is 3.94. The summed E-state index contributed by atoms with van der Waals surface area (Å²) in [6.07, 6.45) is 4.69. The van der Waals surface area contributed by atoms with Crippen molar-refractivity contribution in [1.29, 1.82) is 0 Å². The second-order valence-corrected chi connectivity index (χ2v) is 8.26. The summed E-state index contributed by atoms with van der Waals surface area (Å²) in [4.78, 5) is 39.3. The van der Waals surface area contributed by atoms with E-state index in [-0.39, 0.29) is 17.6 Å². The number of halogens is 1. The minimum Gasteiger partial charge on any atom is -0.325 e. The van der Waals surface area contributed by atoms with E-state index in [1.807, 2.05) is 18.2 Å². The molecular formula is C27H23ClN2O3. The highest BCUT2D eigenvalue weighted by Gasteiger charge is 2.34. The van der Waals surface area contributed by atoms with Gasteiger partial charge in [0.2, 0.25) is 11.8 Å². The predicted octanol–water partition coefficient (Wildman–Crippen LogP) is 5.73. The number of hydrogen-bond acceptors (Lipinski definition) is 3. The van der Waals surface area contributed by atoms with Gasteiger partial charge in [0, 0.05) is 11.1 Å². The van der Waals surface area contributed by atoms with Crippen molar-refractivity contribution in [1.82, 2.24) is 0 Å². The number of nitrogens with one attached hydrogen (secondary N) is 2. The molecule has 2 unspecified atom stereocenters. The van der Waals surface area contributed by atoms with Crippen molar-refractivity contribution in [3.8, 4) is 0 Å². The van der Waals surface area contributed by atoms with Crippen LogP contribution in [0.4, 0.5) is 11.4 Å². The summed E-state index contributed by atoms with van der Waals surface area (Å²) in [5.41, 5.74) is 1.88. The second kappa shape index (κ2) is 10.3. The Hall–Kier alpha value is -3.70. The van der Waals surface area contributed by atoms with Gasteiger partial charge in [0.05, 0.1) is 28.2 Å². The maximum absolute atomic E-state index is 13.3. The van der Waals surface area contributed by atoms with Gasteiger partial charge in [0.15, 0.2) is 5.78 Å². The van der Waals surface area contributed by atoms with E-state index in [0.29, 0.717) is 40.4 Å². The van der Waals surface area contributed by atoms with E-state index in [4.69, 9.17) is 11.6 Å². The monoisotopic (exact) mass is 458 g/mol. The smallest absolute Gasteiger partial charge is 0.228 e. The quantitative estimate of drug-likeness (QED) is 0.366.